The van der Waals surface area contributed by atoms with E-state index in [0.717, 1.165) is 24.1 Å². The molecule has 6 N–H and O–H groups in total. The van der Waals surface area contributed by atoms with Gasteiger partial charge in [-0.25, -0.2) is 0 Å². The summed E-state index contributed by atoms with van der Waals surface area (Å²) in [4.78, 5) is 51.1. The molecule has 3 amide bonds. The summed E-state index contributed by atoms with van der Waals surface area (Å²) in [6.07, 6.45) is 4.85. The standard InChI is InChI=1S/C37H40N4O6/c38-34(45)30(22-39-23-42)26-8-6-25(7-9-26)13-17-40-35(46)29-11-10-27-20-31-37(47)15-12-28(43)21-36(37,32(27)33(29)44)16-19-41(31)18-14-24-4-2-1-3-5-24/h1-11,22-23,31,44,47H,12-21H2,(H2,38,45)(H,39,42)(H,40,46). The van der Waals surface area contributed by atoms with Crippen molar-refractivity contribution in [2.24, 2.45) is 5.73 Å². The number of benzene rings is 3. The smallest absolute Gasteiger partial charge is 0.255 e. The Morgan fingerprint density at radius 3 is 2.47 bits per heavy atom. The first kappa shape index (κ1) is 32.2. The van der Waals surface area contributed by atoms with Gasteiger partial charge in [0.1, 0.15) is 11.5 Å². The Morgan fingerprint density at radius 2 is 1.74 bits per heavy atom. The zero-order valence-electron chi connectivity index (χ0n) is 26.2. The van der Waals surface area contributed by atoms with E-state index in [0.29, 0.717) is 56.2 Å². The van der Waals surface area contributed by atoms with E-state index in [1.54, 1.807) is 30.3 Å². The van der Waals surface area contributed by atoms with Gasteiger partial charge in [-0.1, -0.05) is 60.7 Å². The molecule has 0 radical (unpaired) electrons. The number of primary amides is 1. The highest BCUT2D eigenvalue weighted by Gasteiger charge is 2.65. The predicted molar refractivity (Wildman–Crippen MR) is 176 cm³/mol. The number of aliphatic hydroxyl groups is 1. The second-order valence-electron chi connectivity index (χ2n) is 12.9. The van der Waals surface area contributed by atoms with E-state index in [2.05, 4.69) is 27.7 Å². The first-order chi connectivity index (χ1) is 22.7. The third-order valence-corrected chi connectivity index (χ3v) is 10.4. The molecule has 10 nitrogen and oxygen atoms in total. The molecule has 2 fully saturated rings. The lowest BCUT2D eigenvalue weighted by Crippen LogP contribution is -2.73. The van der Waals surface area contributed by atoms with Gasteiger partial charge in [0.05, 0.1) is 16.7 Å². The second-order valence-corrected chi connectivity index (χ2v) is 12.9. The van der Waals surface area contributed by atoms with Gasteiger partial charge in [-0.15, -0.1) is 0 Å². The minimum Gasteiger partial charge on any atom is -0.507 e. The Labute approximate surface area is 273 Å². The number of likely N-dealkylation sites (tertiary alicyclic amines) is 1. The molecule has 0 spiro atoms. The van der Waals surface area contributed by atoms with Crippen LogP contribution in [0.3, 0.4) is 0 Å². The van der Waals surface area contributed by atoms with Crippen LogP contribution < -0.4 is 16.4 Å². The zero-order valence-corrected chi connectivity index (χ0v) is 26.2. The maximum absolute atomic E-state index is 13.4. The van der Waals surface area contributed by atoms with Crippen LogP contribution in [-0.2, 0) is 39.1 Å². The minimum absolute atomic E-state index is 0.0673. The number of rotatable bonds is 11. The maximum atomic E-state index is 13.4. The van der Waals surface area contributed by atoms with Crippen molar-refractivity contribution >= 4 is 29.6 Å². The molecular formula is C37H40N4O6. The highest BCUT2D eigenvalue weighted by Crippen LogP contribution is 2.59. The van der Waals surface area contributed by atoms with Crippen LogP contribution in [0.2, 0.25) is 0 Å². The summed E-state index contributed by atoms with van der Waals surface area (Å²) in [5.41, 5.74) is 7.65. The lowest BCUT2D eigenvalue weighted by molar-refractivity contribution is -0.172. The molecule has 3 unspecified atom stereocenters. The molecule has 2 aliphatic carbocycles. The van der Waals surface area contributed by atoms with Crippen molar-refractivity contribution < 1.29 is 29.4 Å². The summed E-state index contributed by atoms with van der Waals surface area (Å²) in [5, 5.41) is 29.4. The maximum Gasteiger partial charge on any atom is 0.255 e. The zero-order chi connectivity index (χ0) is 33.2. The molecule has 6 rings (SSSR count). The highest BCUT2D eigenvalue weighted by molar-refractivity contribution is 6.18. The number of nitrogens with one attached hydrogen (secondary N) is 2. The number of ketones is 1. The van der Waals surface area contributed by atoms with Crippen molar-refractivity contribution in [2.45, 2.75) is 62.0 Å². The Bertz CT molecular complexity index is 1720. The Hall–Kier alpha value is -4.80. The average molecular weight is 637 g/mol. The molecule has 2 bridgehead atoms. The molecule has 47 heavy (non-hydrogen) atoms. The first-order valence-electron chi connectivity index (χ1n) is 16.1. The van der Waals surface area contributed by atoms with Crippen LogP contribution in [0.4, 0.5) is 0 Å². The number of carbonyl (C=O) groups excluding carboxylic acids is 4. The number of fused-ring (bicyclic) bond motifs is 1. The molecule has 1 aliphatic heterocycles. The van der Waals surface area contributed by atoms with Gasteiger partial charge in [-0.3, -0.25) is 24.1 Å². The summed E-state index contributed by atoms with van der Waals surface area (Å²) in [7, 11) is 0. The van der Waals surface area contributed by atoms with Crippen LogP contribution in [-0.4, -0.2) is 70.4 Å². The lowest BCUT2D eigenvalue weighted by atomic mass is 9.49. The molecule has 3 aromatic carbocycles. The van der Waals surface area contributed by atoms with Gasteiger partial charge in [0.15, 0.2) is 0 Å². The fourth-order valence-electron chi connectivity index (χ4n) is 8.05. The molecule has 1 heterocycles. The minimum atomic E-state index is -1.20. The highest BCUT2D eigenvalue weighted by atomic mass is 16.3. The number of nitrogens with two attached hydrogens (primary N) is 1. The quantitative estimate of drug-likeness (QED) is 0.160. The van der Waals surface area contributed by atoms with Crippen LogP contribution in [0.25, 0.3) is 5.57 Å². The van der Waals surface area contributed by atoms with Crippen LogP contribution in [0.5, 0.6) is 5.75 Å². The van der Waals surface area contributed by atoms with E-state index in [1.165, 1.54) is 11.8 Å². The van der Waals surface area contributed by atoms with E-state index in [1.807, 2.05) is 24.3 Å². The van der Waals surface area contributed by atoms with Gasteiger partial charge in [0.2, 0.25) is 6.41 Å². The van der Waals surface area contributed by atoms with Gasteiger partial charge in [-0.05, 0) is 67.0 Å². The van der Waals surface area contributed by atoms with Crippen molar-refractivity contribution in [1.82, 2.24) is 15.5 Å². The Balaban J connectivity index is 1.19. The molecule has 0 aromatic heterocycles. The average Bonchev–Trinajstić information content (AvgIpc) is 3.05. The molecule has 1 saturated carbocycles. The molecule has 3 aliphatic rings. The number of Topliss-reactive ketones (excluding diaryl/α,β-unsaturated/α-hetero) is 1. The van der Waals surface area contributed by atoms with Gasteiger partial charge in [-0.2, -0.15) is 0 Å². The lowest BCUT2D eigenvalue weighted by Gasteiger charge is -2.63. The van der Waals surface area contributed by atoms with Gasteiger partial charge in [0, 0.05) is 49.2 Å². The monoisotopic (exact) mass is 636 g/mol. The summed E-state index contributed by atoms with van der Waals surface area (Å²) >= 11 is 0. The predicted octanol–water partition coefficient (Wildman–Crippen LogP) is 2.53. The van der Waals surface area contributed by atoms with Crippen molar-refractivity contribution in [3.63, 3.8) is 0 Å². The van der Waals surface area contributed by atoms with Gasteiger partial charge < -0.3 is 26.6 Å². The summed E-state index contributed by atoms with van der Waals surface area (Å²) < 4.78 is 0. The Kier molecular flexibility index (Phi) is 8.98. The summed E-state index contributed by atoms with van der Waals surface area (Å²) in [6, 6.07) is 20.6. The van der Waals surface area contributed by atoms with Gasteiger partial charge >= 0.3 is 0 Å². The number of nitrogens with zero attached hydrogens (tertiary/aromatic N) is 1. The molecular weight excluding hydrogens is 596 g/mol. The van der Waals surface area contributed by atoms with E-state index in [9.17, 15) is 29.4 Å². The van der Waals surface area contributed by atoms with Crippen LogP contribution in [0, 0.1) is 0 Å². The van der Waals surface area contributed by atoms with E-state index in [-0.39, 0.29) is 41.7 Å². The van der Waals surface area contributed by atoms with Crippen molar-refractivity contribution in [2.75, 3.05) is 19.6 Å². The van der Waals surface area contributed by atoms with E-state index >= 15 is 0 Å². The first-order valence-corrected chi connectivity index (χ1v) is 16.1. The molecule has 3 aromatic rings. The number of carbonyl (C=O) groups is 4. The number of aromatic hydroxyl groups is 1. The fourth-order valence-corrected chi connectivity index (χ4v) is 8.05. The SMILES string of the molecule is NC(=O)C(=CNC=O)c1ccc(CCNC(=O)c2ccc3c(c2O)C24CCN(CCc5ccccc5)C(C3)C2(O)CCC(=O)C4)cc1. The summed E-state index contributed by atoms with van der Waals surface area (Å²) in [5.74, 6) is -1.20. The summed E-state index contributed by atoms with van der Waals surface area (Å²) in [6.45, 7) is 1.75. The second kappa shape index (κ2) is 13.1. The van der Waals surface area contributed by atoms with Crippen molar-refractivity contribution in [1.29, 1.82) is 0 Å². The van der Waals surface area contributed by atoms with Crippen LogP contribution in [0.1, 0.15) is 63.9 Å². The largest absolute Gasteiger partial charge is 0.507 e. The normalized spacial score (nSPS) is 23.7. The topological polar surface area (TPSA) is 162 Å². The van der Waals surface area contributed by atoms with Crippen LogP contribution >= 0.6 is 0 Å². The number of phenolic OH excluding ortho intramolecular Hbond substituents is 1. The molecule has 10 heteroatoms. The fraction of sp³-hybridized carbons (Fsp3) is 0.351. The third-order valence-electron chi connectivity index (χ3n) is 10.4. The molecule has 3 atom stereocenters. The van der Waals surface area contributed by atoms with Crippen LogP contribution in [0.15, 0.2) is 72.9 Å². The number of hydrogen-bond acceptors (Lipinski definition) is 7. The van der Waals surface area contributed by atoms with E-state index < -0.39 is 22.8 Å². The number of hydrogen-bond donors (Lipinski definition) is 5. The van der Waals surface area contributed by atoms with Crippen molar-refractivity contribution in [3.8, 4) is 5.75 Å². The number of amides is 3. The third kappa shape index (κ3) is 5.94. The van der Waals surface area contributed by atoms with Gasteiger partial charge in [0.25, 0.3) is 11.8 Å². The Morgan fingerprint density at radius 1 is 1.00 bits per heavy atom. The molecule has 1 saturated heterocycles. The number of phenols is 1. The molecule has 244 valence electrons. The van der Waals surface area contributed by atoms with E-state index in [4.69, 9.17) is 5.73 Å². The van der Waals surface area contributed by atoms with Crippen molar-refractivity contribution in [3.05, 3.63) is 106 Å². The number of piperidine rings is 1.